The van der Waals surface area contributed by atoms with Crippen molar-refractivity contribution in [1.82, 2.24) is 29.9 Å². The number of carbonyl (C=O) groups excluding carboxylic acids is 1. The minimum Gasteiger partial charge on any atom is -0.360 e. The number of tetrazole rings is 1. The standard InChI is InChI=1S/C21H21N7O2/c1-13-10-16(15(3)28(13)19-11-14(2)30-24-19)8-9-20(29)22-18-7-5-6-17(12-18)21-23-25-26-27(21)4/h5-12H,1-4H3,(H,22,29)/b9-8+. The van der Waals surface area contributed by atoms with E-state index < -0.39 is 0 Å². The zero-order chi connectivity index (χ0) is 21.3. The van der Waals surface area contributed by atoms with Crippen molar-refractivity contribution < 1.29 is 9.32 Å². The lowest BCUT2D eigenvalue weighted by atomic mass is 10.2. The van der Waals surface area contributed by atoms with E-state index in [1.165, 1.54) is 6.08 Å². The number of rotatable bonds is 5. The topological polar surface area (TPSA) is 104 Å². The van der Waals surface area contributed by atoms with Gasteiger partial charge in [-0.1, -0.05) is 17.3 Å². The summed E-state index contributed by atoms with van der Waals surface area (Å²) >= 11 is 0. The Morgan fingerprint density at radius 1 is 1.17 bits per heavy atom. The van der Waals surface area contributed by atoms with Crippen molar-refractivity contribution in [2.24, 2.45) is 7.05 Å². The van der Waals surface area contributed by atoms with Gasteiger partial charge >= 0.3 is 0 Å². The van der Waals surface area contributed by atoms with Gasteiger partial charge in [-0.3, -0.25) is 9.36 Å². The van der Waals surface area contributed by atoms with E-state index in [1.54, 1.807) is 17.8 Å². The van der Waals surface area contributed by atoms with Crippen LogP contribution in [0.3, 0.4) is 0 Å². The van der Waals surface area contributed by atoms with E-state index in [1.807, 2.05) is 61.7 Å². The molecule has 3 aromatic heterocycles. The van der Waals surface area contributed by atoms with Gasteiger partial charge in [-0.2, -0.15) is 0 Å². The summed E-state index contributed by atoms with van der Waals surface area (Å²) in [7, 11) is 1.76. The number of nitrogens with zero attached hydrogens (tertiary/aromatic N) is 6. The highest BCUT2D eigenvalue weighted by Crippen LogP contribution is 2.22. The van der Waals surface area contributed by atoms with Gasteiger partial charge in [-0.15, -0.1) is 5.10 Å². The van der Waals surface area contributed by atoms with E-state index >= 15 is 0 Å². The molecule has 0 atom stereocenters. The molecule has 30 heavy (non-hydrogen) atoms. The monoisotopic (exact) mass is 403 g/mol. The minimum absolute atomic E-state index is 0.231. The smallest absolute Gasteiger partial charge is 0.248 e. The van der Waals surface area contributed by atoms with Gasteiger partial charge < -0.3 is 9.84 Å². The van der Waals surface area contributed by atoms with Gasteiger partial charge in [-0.05, 0) is 61.0 Å². The van der Waals surface area contributed by atoms with Gasteiger partial charge in [0.2, 0.25) is 5.91 Å². The average Bonchev–Trinajstić information content (AvgIpc) is 3.40. The van der Waals surface area contributed by atoms with E-state index in [9.17, 15) is 4.79 Å². The maximum atomic E-state index is 12.4. The first kappa shape index (κ1) is 19.3. The van der Waals surface area contributed by atoms with Crippen LogP contribution in [0.1, 0.15) is 22.7 Å². The molecule has 0 aliphatic heterocycles. The van der Waals surface area contributed by atoms with Crippen molar-refractivity contribution >= 4 is 17.7 Å². The van der Waals surface area contributed by atoms with Crippen LogP contribution in [0.5, 0.6) is 0 Å². The van der Waals surface area contributed by atoms with Crippen molar-refractivity contribution in [2.45, 2.75) is 20.8 Å². The van der Waals surface area contributed by atoms with Crippen LogP contribution >= 0.6 is 0 Å². The minimum atomic E-state index is -0.231. The SMILES string of the molecule is Cc1cc(-n2c(C)cc(/C=C/C(=O)Nc3cccc(-c4nnnn4C)c3)c2C)no1. The Morgan fingerprint density at radius 3 is 2.70 bits per heavy atom. The third kappa shape index (κ3) is 3.77. The lowest BCUT2D eigenvalue weighted by Gasteiger charge is -2.05. The summed E-state index contributed by atoms with van der Waals surface area (Å²) in [6.07, 6.45) is 3.30. The molecule has 3 heterocycles. The molecule has 9 nitrogen and oxygen atoms in total. The summed E-state index contributed by atoms with van der Waals surface area (Å²) in [5, 5.41) is 18.4. The van der Waals surface area contributed by atoms with Gasteiger partial charge in [-0.25, -0.2) is 4.68 Å². The highest BCUT2D eigenvalue weighted by Gasteiger charge is 2.12. The van der Waals surface area contributed by atoms with Crippen LogP contribution < -0.4 is 5.32 Å². The van der Waals surface area contributed by atoms with Crippen LogP contribution in [0.2, 0.25) is 0 Å². The lowest BCUT2D eigenvalue weighted by Crippen LogP contribution is -2.08. The molecule has 0 saturated carbocycles. The molecule has 0 spiro atoms. The second-order valence-electron chi connectivity index (χ2n) is 6.99. The summed E-state index contributed by atoms with van der Waals surface area (Å²) in [4.78, 5) is 12.4. The van der Waals surface area contributed by atoms with Crippen LogP contribution in [0.25, 0.3) is 23.3 Å². The summed E-state index contributed by atoms with van der Waals surface area (Å²) in [6, 6.07) is 11.3. The summed E-state index contributed by atoms with van der Waals surface area (Å²) in [6.45, 7) is 5.82. The molecule has 4 rings (SSSR count). The Morgan fingerprint density at radius 2 is 2.00 bits per heavy atom. The molecule has 1 aromatic carbocycles. The number of amides is 1. The quantitative estimate of drug-likeness (QED) is 0.513. The number of benzene rings is 1. The average molecular weight is 403 g/mol. The predicted octanol–water partition coefficient (Wildman–Crippen LogP) is 3.23. The maximum Gasteiger partial charge on any atom is 0.248 e. The Balaban J connectivity index is 1.51. The van der Waals surface area contributed by atoms with E-state index in [2.05, 4.69) is 26.0 Å². The van der Waals surface area contributed by atoms with E-state index in [0.29, 0.717) is 11.5 Å². The zero-order valence-electron chi connectivity index (χ0n) is 17.1. The van der Waals surface area contributed by atoms with Gasteiger partial charge in [0.1, 0.15) is 5.76 Å². The van der Waals surface area contributed by atoms with E-state index in [4.69, 9.17) is 4.52 Å². The third-order valence-electron chi connectivity index (χ3n) is 4.74. The molecule has 0 saturated heterocycles. The van der Waals surface area contributed by atoms with Gasteiger partial charge in [0.25, 0.3) is 0 Å². The van der Waals surface area contributed by atoms with Crippen LogP contribution in [0.15, 0.2) is 47.0 Å². The van der Waals surface area contributed by atoms with Crippen molar-refractivity contribution in [3.8, 4) is 17.2 Å². The molecule has 9 heteroatoms. The molecule has 0 aliphatic rings. The second-order valence-corrected chi connectivity index (χ2v) is 6.99. The molecule has 0 bridgehead atoms. The van der Waals surface area contributed by atoms with Gasteiger partial charge in [0.05, 0.1) is 0 Å². The first-order chi connectivity index (χ1) is 14.4. The summed E-state index contributed by atoms with van der Waals surface area (Å²) < 4.78 is 8.75. The van der Waals surface area contributed by atoms with E-state index in [0.717, 1.165) is 34.1 Å². The van der Waals surface area contributed by atoms with Gasteiger partial charge in [0.15, 0.2) is 11.6 Å². The van der Waals surface area contributed by atoms with Crippen molar-refractivity contribution in [2.75, 3.05) is 5.32 Å². The Hall–Kier alpha value is -4.01. The molecular weight excluding hydrogens is 382 g/mol. The molecule has 0 radical (unpaired) electrons. The van der Waals surface area contributed by atoms with Crippen molar-refractivity contribution in [1.29, 1.82) is 0 Å². The summed E-state index contributed by atoms with van der Waals surface area (Å²) in [5.41, 5.74) is 4.39. The van der Waals surface area contributed by atoms with Crippen molar-refractivity contribution in [3.63, 3.8) is 0 Å². The molecule has 152 valence electrons. The largest absolute Gasteiger partial charge is 0.360 e. The van der Waals surface area contributed by atoms with Crippen LogP contribution in [0, 0.1) is 20.8 Å². The fourth-order valence-corrected chi connectivity index (χ4v) is 3.33. The molecule has 1 N–H and O–H groups in total. The molecular formula is C21H21N7O2. The summed E-state index contributed by atoms with van der Waals surface area (Å²) in [5.74, 6) is 1.86. The Labute approximate surface area is 173 Å². The Bertz CT molecular complexity index is 1250. The fraction of sp³-hybridized carbons (Fsp3) is 0.190. The number of hydrogen-bond donors (Lipinski definition) is 1. The van der Waals surface area contributed by atoms with Crippen LogP contribution in [-0.2, 0) is 11.8 Å². The number of nitrogens with one attached hydrogen (secondary N) is 1. The Kier molecular flexibility index (Phi) is 5.01. The first-order valence-electron chi connectivity index (χ1n) is 9.37. The van der Waals surface area contributed by atoms with Crippen LogP contribution in [-0.4, -0.2) is 35.8 Å². The highest BCUT2D eigenvalue weighted by molar-refractivity contribution is 6.02. The number of carbonyl (C=O) groups is 1. The lowest BCUT2D eigenvalue weighted by molar-refractivity contribution is -0.111. The predicted molar refractivity (Wildman–Crippen MR) is 112 cm³/mol. The number of anilines is 1. The number of aryl methyl sites for hydroxylation is 3. The third-order valence-corrected chi connectivity index (χ3v) is 4.74. The molecule has 0 aliphatic carbocycles. The molecule has 0 fully saturated rings. The molecule has 4 aromatic rings. The van der Waals surface area contributed by atoms with E-state index in [-0.39, 0.29) is 5.91 Å². The number of hydrogen-bond acceptors (Lipinski definition) is 6. The fourth-order valence-electron chi connectivity index (χ4n) is 3.33. The van der Waals surface area contributed by atoms with Gasteiger partial charge in [0, 0.05) is 41.8 Å². The number of aromatic nitrogens is 6. The first-order valence-corrected chi connectivity index (χ1v) is 9.37. The van der Waals surface area contributed by atoms with Crippen molar-refractivity contribution in [3.05, 3.63) is 65.2 Å². The maximum absolute atomic E-state index is 12.4. The molecule has 0 unspecified atom stereocenters. The van der Waals surface area contributed by atoms with Crippen LogP contribution in [0.4, 0.5) is 5.69 Å². The highest BCUT2D eigenvalue weighted by atomic mass is 16.5. The normalized spacial score (nSPS) is 11.3. The zero-order valence-corrected chi connectivity index (χ0v) is 17.1. The second kappa shape index (κ2) is 7.78. The molecule has 1 amide bonds.